The van der Waals surface area contributed by atoms with E-state index in [4.69, 9.17) is 0 Å². The first-order valence-electron chi connectivity index (χ1n) is 9.28. The molecule has 1 N–H and O–H groups in total. The molecule has 1 atom stereocenters. The summed E-state index contributed by atoms with van der Waals surface area (Å²) in [6, 6.07) is 13.2. The SMILES string of the molecule is CCCNC(=O)[C@@H](C)N(Cc1ccc(C)cc1)C(=O)Cc1ccc(F)cc1. The van der Waals surface area contributed by atoms with Crippen molar-refractivity contribution < 1.29 is 14.0 Å². The first-order valence-corrected chi connectivity index (χ1v) is 9.28. The summed E-state index contributed by atoms with van der Waals surface area (Å²) in [5.41, 5.74) is 2.82. The molecule has 0 saturated heterocycles. The van der Waals surface area contributed by atoms with Crippen molar-refractivity contribution in [3.05, 3.63) is 71.0 Å². The standard InChI is InChI=1S/C22H27FN2O2/c1-4-13-24-22(27)17(3)25(15-19-7-5-16(2)6-8-19)21(26)14-18-9-11-20(23)12-10-18/h5-12,17H,4,13-15H2,1-3H3,(H,24,27)/t17-/m1/s1. The van der Waals surface area contributed by atoms with Crippen molar-refractivity contribution >= 4 is 11.8 Å². The van der Waals surface area contributed by atoms with E-state index in [1.165, 1.54) is 12.1 Å². The molecule has 5 heteroatoms. The second kappa shape index (κ2) is 9.86. The number of nitrogens with one attached hydrogen (secondary N) is 1. The van der Waals surface area contributed by atoms with E-state index in [0.29, 0.717) is 13.1 Å². The molecule has 2 aromatic rings. The number of halogens is 1. The molecule has 0 aliphatic heterocycles. The monoisotopic (exact) mass is 370 g/mol. The predicted octanol–water partition coefficient (Wildman–Crippen LogP) is 3.62. The van der Waals surface area contributed by atoms with Crippen molar-refractivity contribution in [3.63, 3.8) is 0 Å². The van der Waals surface area contributed by atoms with Crippen LogP contribution in [0.1, 0.15) is 37.0 Å². The highest BCUT2D eigenvalue weighted by atomic mass is 19.1. The van der Waals surface area contributed by atoms with E-state index in [2.05, 4.69) is 5.32 Å². The first-order chi connectivity index (χ1) is 12.9. The number of rotatable bonds is 8. The first kappa shape index (κ1) is 20.6. The second-order valence-electron chi connectivity index (χ2n) is 6.78. The lowest BCUT2D eigenvalue weighted by molar-refractivity contribution is -0.140. The van der Waals surface area contributed by atoms with Crippen LogP contribution in [0.15, 0.2) is 48.5 Å². The molecule has 0 aliphatic rings. The van der Waals surface area contributed by atoms with Crippen LogP contribution in [-0.4, -0.2) is 29.3 Å². The molecular weight excluding hydrogens is 343 g/mol. The average Bonchev–Trinajstić information content (AvgIpc) is 2.66. The van der Waals surface area contributed by atoms with Gasteiger partial charge in [-0.3, -0.25) is 9.59 Å². The van der Waals surface area contributed by atoms with Gasteiger partial charge in [0.15, 0.2) is 0 Å². The van der Waals surface area contributed by atoms with Gasteiger partial charge in [-0.1, -0.05) is 48.9 Å². The molecule has 0 aliphatic carbocycles. The van der Waals surface area contributed by atoms with E-state index in [1.54, 1.807) is 24.0 Å². The van der Waals surface area contributed by atoms with Gasteiger partial charge < -0.3 is 10.2 Å². The quantitative estimate of drug-likeness (QED) is 0.772. The normalized spacial score (nSPS) is 11.7. The Balaban J connectivity index is 2.18. The molecule has 144 valence electrons. The van der Waals surface area contributed by atoms with Crippen molar-refractivity contribution in [3.8, 4) is 0 Å². The van der Waals surface area contributed by atoms with Gasteiger partial charge in [0.05, 0.1) is 6.42 Å². The summed E-state index contributed by atoms with van der Waals surface area (Å²) in [6.45, 7) is 6.65. The molecule has 0 radical (unpaired) electrons. The van der Waals surface area contributed by atoms with E-state index in [0.717, 1.165) is 23.1 Å². The van der Waals surface area contributed by atoms with Gasteiger partial charge in [-0.2, -0.15) is 0 Å². The molecule has 0 heterocycles. The largest absolute Gasteiger partial charge is 0.354 e. The van der Waals surface area contributed by atoms with E-state index in [9.17, 15) is 14.0 Å². The van der Waals surface area contributed by atoms with Crippen LogP contribution in [0.3, 0.4) is 0 Å². The molecule has 0 spiro atoms. The molecular formula is C22H27FN2O2. The summed E-state index contributed by atoms with van der Waals surface area (Å²) in [5.74, 6) is -0.673. The van der Waals surface area contributed by atoms with Crippen LogP contribution >= 0.6 is 0 Å². The highest BCUT2D eigenvalue weighted by Crippen LogP contribution is 2.14. The molecule has 0 bridgehead atoms. The van der Waals surface area contributed by atoms with Gasteiger partial charge >= 0.3 is 0 Å². The number of hydrogen-bond acceptors (Lipinski definition) is 2. The summed E-state index contributed by atoms with van der Waals surface area (Å²) >= 11 is 0. The van der Waals surface area contributed by atoms with Crippen LogP contribution in [-0.2, 0) is 22.6 Å². The Morgan fingerprint density at radius 3 is 2.22 bits per heavy atom. The number of amides is 2. The lowest BCUT2D eigenvalue weighted by Crippen LogP contribution is -2.48. The molecule has 2 rings (SSSR count). The molecule has 0 unspecified atom stereocenters. The van der Waals surface area contributed by atoms with E-state index >= 15 is 0 Å². The Morgan fingerprint density at radius 1 is 1.04 bits per heavy atom. The van der Waals surface area contributed by atoms with Crippen molar-refractivity contribution in [2.45, 2.75) is 46.2 Å². The highest BCUT2D eigenvalue weighted by Gasteiger charge is 2.26. The third kappa shape index (κ3) is 6.20. The van der Waals surface area contributed by atoms with Crippen LogP contribution in [0, 0.1) is 12.7 Å². The number of benzene rings is 2. The van der Waals surface area contributed by atoms with Crippen LogP contribution in [0.25, 0.3) is 0 Å². The van der Waals surface area contributed by atoms with Crippen molar-refractivity contribution in [1.29, 1.82) is 0 Å². The maximum absolute atomic E-state index is 13.1. The summed E-state index contributed by atoms with van der Waals surface area (Å²) in [4.78, 5) is 27.0. The van der Waals surface area contributed by atoms with E-state index in [1.807, 2.05) is 38.1 Å². The van der Waals surface area contributed by atoms with Gasteiger partial charge in [0, 0.05) is 13.1 Å². The Kier molecular flexibility index (Phi) is 7.53. The van der Waals surface area contributed by atoms with Crippen LogP contribution in [0.2, 0.25) is 0 Å². The predicted molar refractivity (Wildman–Crippen MR) is 105 cm³/mol. The fourth-order valence-electron chi connectivity index (χ4n) is 2.75. The maximum atomic E-state index is 13.1. The van der Waals surface area contributed by atoms with Gasteiger partial charge in [-0.15, -0.1) is 0 Å². The number of nitrogens with zero attached hydrogens (tertiary/aromatic N) is 1. The minimum Gasteiger partial charge on any atom is -0.354 e. The molecule has 2 amide bonds. The summed E-state index contributed by atoms with van der Waals surface area (Å²) in [6.07, 6.45) is 0.956. The molecule has 0 saturated carbocycles. The molecule has 0 fully saturated rings. The van der Waals surface area contributed by atoms with Crippen molar-refractivity contribution in [2.75, 3.05) is 6.54 Å². The zero-order chi connectivity index (χ0) is 19.8. The Morgan fingerprint density at radius 2 is 1.63 bits per heavy atom. The Hall–Kier alpha value is -2.69. The van der Waals surface area contributed by atoms with Crippen LogP contribution in [0.4, 0.5) is 4.39 Å². The van der Waals surface area contributed by atoms with Gasteiger partial charge in [-0.25, -0.2) is 4.39 Å². The number of carbonyl (C=O) groups excluding carboxylic acids is 2. The highest BCUT2D eigenvalue weighted by molar-refractivity contribution is 5.88. The minimum atomic E-state index is -0.592. The third-order valence-corrected chi connectivity index (χ3v) is 4.46. The number of hydrogen-bond donors (Lipinski definition) is 1. The van der Waals surface area contributed by atoms with Crippen LogP contribution < -0.4 is 5.32 Å². The number of carbonyl (C=O) groups is 2. The summed E-state index contributed by atoms with van der Waals surface area (Å²) in [5, 5.41) is 2.85. The Labute approximate surface area is 160 Å². The van der Waals surface area contributed by atoms with E-state index < -0.39 is 6.04 Å². The maximum Gasteiger partial charge on any atom is 0.242 e. The summed E-state index contributed by atoms with van der Waals surface area (Å²) < 4.78 is 13.1. The topological polar surface area (TPSA) is 49.4 Å². The van der Waals surface area contributed by atoms with Gasteiger partial charge in [0.2, 0.25) is 11.8 Å². The molecule has 2 aromatic carbocycles. The Bertz CT molecular complexity index is 757. The second-order valence-corrected chi connectivity index (χ2v) is 6.78. The molecule has 0 aromatic heterocycles. The van der Waals surface area contributed by atoms with Crippen LogP contribution in [0.5, 0.6) is 0 Å². The zero-order valence-corrected chi connectivity index (χ0v) is 16.2. The van der Waals surface area contributed by atoms with Gasteiger partial charge in [0.25, 0.3) is 0 Å². The van der Waals surface area contributed by atoms with Gasteiger partial charge in [-0.05, 0) is 43.5 Å². The lowest BCUT2D eigenvalue weighted by Gasteiger charge is -2.29. The lowest BCUT2D eigenvalue weighted by atomic mass is 10.1. The van der Waals surface area contributed by atoms with E-state index in [-0.39, 0.29) is 24.1 Å². The average molecular weight is 370 g/mol. The van der Waals surface area contributed by atoms with Crippen molar-refractivity contribution in [2.24, 2.45) is 0 Å². The zero-order valence-electron chi connectivity index (χ0n) is 16.2. The third-order valence-electron chi connectivity index (χ3n) is 4.46. The fourth-order valence-corrected chi connectivity index (χ4v) is 2.75. The molecule has 27 heavy (non-hydrogen) atoms. The minimum absolute atomic E-state index is 0.123. The molecule has 4 nitrogen and oxygen atoms in total. The number of aryl methyl sites for hydroxylation is 1. The summed E-state index contributed by atoms with van der Waals surface area (Å²) in [7, 11) is 0. The fraction of sp³-hybridized carbons (Fsp3) is 0.364. The van der Waals surface area contributed by atoms with Crippen molar-refractivity contribution in [1.82, 2.24) is 10.2 Å². The van der Waals surface area contributed by atoms with Gasteiger partial charge in [0.1, 0.15) is 11.9 Å². The smallest absolute Gasteiger partial charge is 0.242 e.